The van der Waals surface area contributed by atoms with E-state index in [1.54, 1.807) is 6.07 Å². The van der Waals surface area contributed by atoms with Crippen molar-refractivity contribution in [2.75, 3.05) is 0 Å². The molecular weight excluding hydrogens is 305 g/mol. The van der Waals surface area contributed by atoms with Crippen LogP contribution < -0.4 is 0 Å². The number of hydrogen-bond acceptors (Lipinski definition) is 2. The van der Waals surface area contributed by atoms with Gasteiger partial charge < -0.3 is 0 Å². The number of thioether (sulfide) groups is 1. The predicted octanol–water partition coefficient (Wildman–Crippen LogP) is 6.04. The van der Waals surface area contributed by atoms with E-state index in [4.69, 9.17) is 5.26 Å². The summed E-state index contributed by atoms with van der Waals surface area (Å²) in [4.78, 5) is 0.354. The van der Waals surface area contributed by atoms with Crippen molar-refractivity contribution in [2.45, 2.75) is 11.8 Å². The van der Waals surface area contributed by atoms with Crippen molar-refractivity contribution in [3.05, 3.63) is 78.1 Å². The van der Waals surface area contributed by atoms with Gasteiger partial charge in [0, 0.05) is 0 Å². The molecule has 112 valence electrons. The van der Waals surface area contributed by atoms with Gasteiger partial charge in [0.2, 0.25) is 0 Å². The minimum absolute atomic E-state index is 0.354. The van der Waals surface area contributed by atoms with Crippen molar-refractivity contribution in [3.63, 3.8) is 0 Å². The Kier molecular flexibility index (Phi) is 4.45. The molecule has 1 nitrogen and oxygen atoms in total. The van der Waals surface area contributed by atoms with Crippen LogP contribution in [0, 0.1) is 23.4 Å². The predicted molar refractivity (Wildman–Crippen MR) is 93.5 cm³/mol. The molecule has 3 aromatic rings. The smallest absolute Gasteiger partial charge is 0.138 e. The van der Waals surface area contributed by atoms with Crippen LogP contribution in [0.1, 0.15) is 5.56 Å². The molecule has 0 aromatic heterocycles. The maximum atomic E-state index is 13.9. The fourth-order valence-electron chi connectivity index (χ4n) is 2.41. The molecular formula is C20H14FNS. The fraction of sp³-hybridized carbons (Fsp3) is 0.0500. The summed E-state index contributed by atoms with van der Waals surface area (Å²) in [6.45, 7) is 2.07. The Morgan fingerprint density at radius 3 is 1.78 bits per heavy atom. The summed E-state index contributed by atoms with van der Waals surface area (Å²) in [5.74, 6) is -0.364. The number of halogens is 1. The van der Waals surface area contributed by atoms with E-state index < -0.39 is 0 Å². The standard InChI is InChI=1S/C20H14FNS/c1-14-2-4-15(5-3-14)16-6-8-17(9-7-16)18-10-11-20(23-13-22)19(21)12-18/h2-12H,1H3. The summed E-state index contributed by atoms with van der Waals surface area (Å²) < 4.78 is 13.9. The van der Waals surface area contributed by atoms with E-state index in [1.807, 2.05) is 35.7 Å². The highest BCUT2D eigenvalue weighted by atomic mass is 32.2. The van der Waals surface area contributed by atoms with Gasteiger partial charge in [0.1, 0.15) is 11.2 Å². The average Bonchev–Trinajstić information content (AvgIpc) is 2.58. The van der Waals surface area contributed by atoms with Crippen molar-refractivity contribution < 1.29 is 4.39 Å². The molecule has 0 aliphatic heterocycles. The molecule has 0 saturated heterocycles. The van der Waals surface area contributed by atoms with E-state index in [-0.39, 0.29) is 5.82 Å². The third kappa shape index (κ3) is 3.44. The first-order valence-electron chi connectivity index (χ1n) is 7.20. The van der Waals surface area contributed by atoms with E-state index in [0.29, 0.717) is 4.90 Å². The van der Waals surface area contributed by atoms with Gasteiger partial charge in [0.05, 0.1) is 4.90 Å². The van der Waals surface area contributed by atoms with Crippen molar-refractivity contribution in [3.8, 4) is 27.7 Å². The van der Waals surface area contributed by atoms with Gasteiger partial charge >= 0.3 is 0 Å². The molecule has 0 aliphatic carbocycles. The second-order valence-electron chi connectivity index (χ2n) is 5.28. The lowest BCUT2D eigenvalue weighted by atomic mass is 10.00. The van der Waals surface area contributed by atoms with Crippen LogP contribution in [0.15, 0.2) is 71.6 Å². The largest absolute Gasteiger partial charge is 0.206 e. The molecule has 0 heterocycles. The van der Waals surface area contributed by atoms with Crippen LogP contribution in [-0.2, 0) is 0 Å². The fourth-order valence-corrected chi connectivity index (χ4v) is 2.80. The summed E-state index contributed by atoms with van der Waals surface area (Å²) in [5, 5.41) is 10.5. The SMILES string of the molecule is Cc1ccc(-c2ccc(-c3ccc(SC#N)c(F)c3)cc2)cc1. The molecule has 3 rings (SSSR count). The van der Waals surface area contributed by atoms with Crippen molar-refractivity contribution in [2.24, 2.45) is 0 Å². The Hall–Kier alpha value is -2.57. The Balaban J connectivity index is 1.89. The summed E-state index contributed by atoms with van der Waals surface area (Å²) in [7, 11) is 0. The maximum Gasteiger partial charge on any atom is 0.138 e. The Labute approximate surface area is 139 Å². The molecule has 3 heteroatoms. The molecule has 0 radical (unpaired) electrons. The first-order chi connectivity index (χ1) is 11.2. The summed E-state index contributed by atoms with van der Waals surface area (Å²) in [5.41, 5.74) is 5.28. The summed E-state index contributed by atoms with van der Waals surface area (Å²) >= 11 is 0.837. The number of hydrogen-bond donors (Lipinski definition) is 0. The molecule has 0 atom stereocenters. The number of aryl methyl sites for hydroxylation is 1. The van der Waals surface area contributed by atoms with Gasteiger partial charge in [0.25, 0.3) is 0 Å². The van der Waals surface area contributed by atoms with Gasteiger partial charge in [-0.25, -0.2) is 4.39 Å². The van der Waals surface area contributed by atoms with E-state index in [1.165, 1.54) is 11.6 Å². The first-order valence-corrected chi connectivity index (χ1v) is 8.02. The highest BCUT2D eigenvalue weighted by molar-refractivity contribution is 8.03. The number of nitriles is 1. The van der Waals surface area contributed by atoms with Gasteiger partial charge in [-0.3, -0.25) is 0 Å². The van der Waals surface area contributed by atoms with Gasteiger partial charge in [-0.15, -0.1) is 0 Å². The van der Waals surface area contributed by atoms with Crippen LogP contribution in [-0.4, -0.2) is 0 Å². The quantitative estimate of drug-likeness (QED) is 0.434. The molecule has 0 amide bonds. The molecule has 0 fully saturated rings. The Morgan fingerprint density at radius 2 is 1.26 bits per heavy atom. The second kappa shape index (κ2) is 6.68. The highest BCUT2D eigenvalue weighted by Crippen LogP contribution is 2.28. The van der Waals surface area contributed by atoms with Gasteiger partial charge in [-0.05, 0) is 53.1 Å². The van der Waals surface area contributed by atoms with Crippen molar-refractivity contribution in [1.29, 1.82) is 5.26 Å². The zero-order valence-corrected chi connectivity index (χ0v) is 13.4. The Bertz CT molecular complexity index is 862. The molecule has 0 saturated carbocycles. The maximum absolute atomic E-state index is 13.9. The van der Waals surface area contributed by atoms with Gasteiger partial charge in [-0.2, -0.15) is 5.26 Å². The molecule has 0 N–H and O–H groups in total. The van der Waals surface area contributed by atoms with Crippen LogP contribution in [0.5, 0.6) is 0 Å². The van der Waals surface area contributed by atoms with Gasteiger partial charge in [-0.1, -0.05) is 60.2 Å². The number of nitrogens with zero attached hydrogens (tertiary/aromatic N) is 1. The van der Waals surface area contributed by atoms with Crippen LogP contribution in [0.3, 0.4) is 0 Å². The minimum atomic E-state index is -0.364. The van der Waals surface area contributed by atoms with E-state index in [9.17, 15) is 4.39 Å². The Morgan fingerprint density at radius 1 is 0.783 bits per heavy atom. The van der Waals surface area contributed by atoms with Gasteiger partial charge in [0.15, 0.2) is 0 Å². The van der Waals surface area contributed by atoms with E-state index >= 15 is 0 Å². The third-order valence-corrected chi connectivity index (χ3v) is 4.33. The lowest BCUT2D eigenvalue weighted by Gasteiger charge is -2.07. The lowest BCUT2D eigenvalue weighted by Crippen LogP contribution is -1.84. The van der Waals surface area contributed by atoms with Crippen molar-refractivity contribution >= 4 is 11.8 Å². The summed E-state index contributed by atoms with van der Waals surface area (Å²) in [6, 6.07) is 21.4. The number of rotatable bonds is 3. The molecule has 0 aliphatic rings. The highest BCUT2D eigenvalue weighted by Gasteiger charge is 2.06. The third-order valence-electron chi connectivity index (χ3n) is 3.69. The van der Waals surface area contributed by atoms with Crippen LogP contribution in [0.2, 0.25) is 0 Å². The number of thiocyanates is 1. The minimum Gasteiger partial charge on any atom is -0.206 e. The zero-order valence-electron chi connectivity index (χ0n) is 12.6. The number of benzene rings is 3. The zero-order chi connectivity index (χ0) is 16.2. The normalized spacial score (nSPS) is 10.3. The second-order valence-corrected chi connectivity index (χ2v) is 6.11. The molecule has 0 spiro atoms. The van der Waals surface area contributed by atoms with Crippen LogP contribution in [0.4, 0.5) is 4.39 Å². The molecule has 23 heavy (non-hydrogen) atoms. The molecule has 0 bridgehead atoms. The van der Waals surface area contributed by atoms with E-state index in [2.05, 4.69) is 31.2 Å². The van der Waals surface area contributed by atoms with Crippen LogP contribution in [0.25, 0.3) is 22.3 Å². The monoisotopic (exact) mass is 319 g/mol. The van der Waals surface area contributed by atoms with E-state index in [0.717, 1.165) is 34.0 Å². The lowest BCUT2D eigenvalue weighted by molar-refractivity contribution is 0.603. The topological polar surface area (TPSA) is 23.8 Å². The molecule has 0 unspecified atom stereocenters. The van der Waals surface area contributed by atoms with Crippen molar-refractivity contribution in [1.82, 2.24) is 0 Å². The summed E-state index contributed by atoms with van der Waals surface area (Å²) in [6.07, 6.45) is 0. The average molecular weight is 319 g/mol. The molecule has 3 aromatic carbocycles. The first kappa shape index (κ1) is 15.3. The van der Waals surface area contributed by atoms with Crippen LogP contribution >= 0.6 is 11.8 Å².